The predicted octanol–water partition coefficient (Wildman–Crippen LogP) is 7.67. The van der Waals surface area contributed by atoms with Crippen LogP contribution in [0.15, 0.2) is 71.9 Å². The number of carboxylic acid groups (broad SMARTS) is 1. The quantitative estimate of drug-likeness (QED) is 0.196. The van der Waals surface area contributed by atoms with Crippen molar-refractivity contribution in [3.8, 4) is 0 Å². The fourth-order valence-electron chi connectivity index (χ4n) is 5.09. The Balaban J connectivity index is 0.00000464. The molecule has 0 fully saturated rings. The van der Waals surface area contributed by atoms with Gasteiger partial charge in [0.25, 0.3) is 0 Å². The number of carbonyl (C=O) groups is 3. The number of hydrogen-bond donors (Lipinski definition) is 3. The van der Waals surface area contributed by atoms with Crippen molar-refractivity contribution < 1.29 is 19.5 Å². The fraction of sp³-hybridized carbons (Fsp3) is 0.553. The number of nitrogens with zero attached hydrogens (tertiary/aromatic N) is 1. The van der Waals surface area contributed by atoms with Crippen molar-refractivity contribution in [1.82, 2.24) is 15.5 Å². The summed E-state index contributed by atoms with van der Waals surface area (Å²) >= 11 is 0. The Labute approximate surface area is 273 Å². The molecule has 0 bridgehead atoms. The van der Waals surface area contributed by atoms with Crippen LogP contribution in [0.4, 0.5) is 0 Å². The van der Waals surface area contributed by atoms with Crippen molar-refractivity contribution in [3.05, 3.63) is 77.4 Å². The molecular formula is C38H61N3O4. The van der Waals surface area contributed by atoms with E-state index in [2.05, 4.69) is 41.0 Å². The number of amides is 2. The number of aliphatic carboxylic acids is 1. The number of allylic oxidation sites excluding steroid dienone is 5. The van der Waals surface area contributed by atoms with E-state index in [1.807, 2.05) is 93.5 Å². The Morgan fingerprint density at radius 2 is 1.62 bits per heavy atom. The summed E-state index contributed by atoms with van der Waals surface area (Å²) in [5, 5.41) is 15.7. The van der Waals surface area contributed by atoms with E-state index < -0.39 is 29.5 Å². The Hall–Kier alpha value is -3.45. The first-order valence-electron chi connectivity index (χ1n) is 16.5. The largest absolute Gasteiger partial charge is 0.478 e. The first-order chi connectivity index (χ1) is 21.2. The van der Waals surface area contributed by atoms with Gasteiger partial charge in [0.2, 0.25) is 11.8 Å². The highest BCUT2D eigenvalue weighted by Gasteiger charge is 2.40. The van der Waals surface area contributed by atoms with Crippen LogP contribution < -0.4 is 10.6 Å². The standard InChI is InChI=1S/C34H49N3O4.2C2H6/c1-10-34(6,7)30(32(39)37(9)28(22(2)3)20-23(4)33(40)41)36-31(38)29(35-8)24(5)26-18-14-15-19-27(21-26)25-16-12-11-13-17-25;2*1-2/h11-17,19-22,24,28-30,35H,10,18H2,1-9H3,(H,36,38)(H,40,41);2*1-2H3/b23-20+;;/t24?,28-,29-,30?;;/m1../s1. The maximum atomic E-state index is 14.0. The molecule has 2 rings (SSSR count). The van der Waals surface area contributed by atoms with E-state index in [1.54, 1.807) is 25.1 Å². The minimum atomic E-state index is -1.02. The normalized spacial score (nSPS) is 15.8. The van der Waals surface area contributed by atoms with Gasteiger partial charge in [0, 0.05) is 18.5 Å². The first kappa shape index (κ1) is 41.5. The molecule has 0 aliphatic heterocycles. The zero-order chi connectivity index (χ0) is 34.9. The number of hydrogen-bond acceptors (Lipinski definition) is 4. The monoisotopic (exact) mass is 623 g/mol. The number of carbonyl (C=O) groups excluding carboxylic acids is 2. The molecule has 1 aliphatic rings. The maximum Gasteiger partial charge on any atom is 0.331 e. The van der Waals surface area contributed by atoms with Crippen LogP contribution in [0.1, 0.15) is 94.6 Å². The third-order valence-electron chi connectivity index (χ3n) is 8.35. The van der Waals surface area contributed by atoms with Crippen LogP contribution in [0.3, 0.4) is 0 Å². The molecule has 0 saturated carbocycles. The summed E-state index contributed by atoms with van der Waals surface area (Å²) < 4.78 is 0. The summed E-state index contributed by atoms with van der Waals surface area (Å²) in [4.78, 5) is 41.0. The predicted molar refractivity (Wildman–Crippen MR) is 190 cm³/mol. The molecular weight excluding hydrogens is 562 g/mol. The van der Waals surface area contributed by atoms with Crippen molar-refractivity contribution in [2.45, 2.75) is 107 Å². The van der Waals surface area contributed by atoms with Gasteiger partial charge in [-0.1, -0.05) is 136 Å². The molecule has 45 heavy (non-hydrogen) atoms. The Kier molecular flexibility index (Phi) is 19.0. The highest BCUT2D eigenvalue weighted by atomic mass is 16.4. The van der Waals surface area contributed by atoms with Gasteiger partial charge < -0.3 is 20.6 Å². The molecule has 0 saturated heterocycles. The van der Waals surface area contributed by atoms with E-state index in [-0.39, 0.29) is 29.2 Å². The summed E-state index contributed by atoms with van der Waals surface area (Å²) in [5.41, 5.74) is 2.95. The third kappa shape index (κ3) is 12.1. The third-order valence-corrected chi connectivity index (χ3v) is 8.35. The Morgan fingerprint density at radius 1 is 1.04 bits per heavy atom. The number of nitrogens with one attached hydrogen (secondary N) is 2. The van der Waals surface area contributed by atoms with E-state index in [0.717, 1.165) is 23.1 Å². The molecule has 2 unspecified atom stereocenters. The second-order valence-corrected chi connectivity index (χ2v) is 12.0. The molecule has 4 atom stereocenters. The lowest BCUT2D eigenvalue weighted by Crippen LogP contribution is -2.60. The van der Waals surface area contributed by atoms with Gasteiger partial charge in [0.1, 0.15) is 6.04 Å². The van der Waals surface area contributed by atoms with E-state index in [1.165, 1.54) is 6.92 Å². The molecule has 3 N–H and O–H groups in total. The molecule has 0 aromatic heterocycles. The smallest absolute Gasteiger partial charge is 0.331 e. The van der Waals surface area contributed by atoms with Crippen LogP contribution in [-0.2, 0) is 14.4 Å². The van der Waals surface area contributed by atoms with Gasteiger partial charge in [-0.15, -0.1) is 0 Å². The van der Waals surface area contributed by atoms with Gasteiger partial charge in [0.05, 0.1) is 12.1 Å². The van der Waals surface area contributed by atoms with Crippen molar-refractivity contribution in [2.24, 2.45) is 17.3 Å². The van der Waals surface area contributed by atoms with Crippen molar-refractivity contribution in [3.63, 3.8) is 0 Å². The average Bonchev–Trinajstić information content (AvgIpc) is 3.30. The van der Waals surface area contributed by atoms with Crippen LogP contribution in [0, 0.1) is 17.3 Å². The number of carboxylic acids is 1. The van der Waals surface area contributed by atoms with Gasteiger partial charge >= 0.3 is 5.97 Å². The highest BCUT2D eigenvalue weighted by molar-refractivity contribution is 5.91. The summed E-state index contributed by atoms with van der Waals surface area (Å²) in [6, 6.07) is 8.37. The molecule has 0 spiro atoms. The van der Waals surface area contributed by atoms with Crippen LogP contribution in [-0.4, -0.2) is 60.0 Å². The van der Waals surface area contributed by atoms with Crippen molar-refractivity contribution >= 4 is 23.4 Å². The zero-order valence-corrected chi connectivity index (χ0v) is 30.2. The van der Waals surface area contributed by atoms with Crippen LogP contribution in [0.25, 0.3) is 5.57 Å². The van der Waals surface area contributed by atoms with Crippen LogP contribution in [0.2, 0.25) is 0 Å². The van der Waals surface area contributed by atoms with Gasteiger partial charge in [-0.25, -0.2) is 4.79 Å². The van der Waals surface area contributed by atoms with Crippen molar-refractivity contribution in [2.75, 3.05) is 14.1 Å². The van der Waals surface area contributed by atoms with Crippen LogP contribution in [0.5, 0.6) is 0 Å². The maximum absolute atomic E-state index is 14.0. The second kappa shape index (κ2) is 20.6. The molecule has 0 heterocycles. The molecule has 1 aliphatic carbocycles. The minimum absolute atomic E-state index is 0.0217. The first-order valence-corrected chi connectivity index (χ1v) is 16.5. The molecule has 7 heteroatoms. The molecule has 2 amide bonds. The van der Waals surface area contributed by atoms with E-state index in [0.29, 0.717) is 6.42 Å². The Morgan fingerprint density at radius 3 is 2.11 bits per heavy atom. The number of likely N-dealkylation sites (N-methyl/N-ethyl adjacent to an activating group) is 2. The lowest BCUT2D eigenvalue weighted by Gasteiger charge is -2.39. The molecule has 0 radical (unpaired) electrons. The zero-order valence-electron chi connectivity index (χ0n) is 30.2. The van der Waals surface area contributed by atoms with Gasteiger partial charge in [-0.05, 0) is 49.3 Å². The van der Waals surface area contributed by atoms with Gasteiger partial charge in [0.15, 0.2) is 0 Å². The van der Waals surface area contributed by atoms with Crippen molar-refractivity contribution in [1.29, 1.82) is 0 Å². The highest BCUT2D eigenvalue weighted by Crippen LogP contribution is 2.30. The fourth-order valence-corrected chi connectivity index (χ4v) is 5.09. The van der Waals surface area contributed by atoms with Gasteiger partial charge in [-0.2, -0.15) is 0 Å². The summed E-state index contributed by atoms with van der Waals surface area (Å²) in [5.74, 6) is -1.67. The molecule has 1 aromatic carbocycles. The van der Waals surface area contributed by atoms with E-state index in [4.69, 9.17) is 0 Å². The summed E-state index contributed by atoms with van der Waals surface area (Å²) in [6.07, 6.45) is 11.4. The van der Waals surface area contributed by atoms with Gasteiger partial charge in [-0.3, -0.25) is 9.59 Å². The number of rotatable bonds is 13. The summed E-state index contributed by atoms with van der Waals surface area (Å²) in [6.45, 7) is 21.4. The average molecular weight is 624 g/mol. The second-order valence-electron chi connectivity index (χ2n) is 12.0. The number of benzene rings is 1. The lowest BCUT2D eigenvalue weighted by molar-refractivity contribution is -0.141. The Bertz CT molecular complexity index is 1190. The van der Waals surface area contributed by atoms with E-state index in [9.17, 15) is 19.5 Å². The molecule has 7 nitrogen and oxygen atoms in total. The van der Waals surface area contributed by atoms with Crippen LogP contribution >= 0.6 is 0 Å². The molecule has 1 aromatic rings. The topological polar surface area (TPSA) is 98.7 Å². The minimum Gasteiger partial charge on any atom is -0.478 e. The lowest BCUT2D eigenvalue weighted by atomic mass is 9.80. The molecule has 252 valence electrons. The van der Waals surface area contributed by atoms with E-state index >= 15 is 0 Å². The summed E-state index contributed by atoms with van der Waals surface area (Å²) in [7, 11) is 3.45. The SMILES string of the molecule is CC.CC.CCC(C)(C)C(NC(=O)[C@H](NC)C(C)C1=CC(c2ccccc2)=CC=CC1)C(=O)N(C)[C@H](/C=C(\C)C(=O)O)C(C)C.